The molecule has 2 saturated carbocycles. The molecule has 3 amide bonds. The van der Waals surface area contributed by atoms with Crippen molar-refractivity contribution >= 4 is 46.6 Å². The molecular weight excluding hydrogens is 387 g/mol. The number of rotatable bonds is 4. The largest absolute Gasteiger partial charge is 0.326 e. The van der Waals surface area contributed by atoms with Crippen molar-refractivity contribution in [3.63, 3.8) is 0 Å². The number of nitrogens with zero attached hydrogens (tertiary/aromatic N) is 1. The average Bonchev–Trinajstić information content (AvgIpc) is 3.42. The van der Waals surface area contributed by atoms with E-state index in [9.17, 15) is 14.4 Å². The van der Waals surface area contributed by atoms with Gasteiger partial charge in [0.05, 0.1) is 21.9 Å². The molecule has 0 radical (unpaired) electrons. The van der Waals surface area contributed by atoms with Crippen LogP contribution in [-0.2, 0) is 14.4 Å². The maximum absolute atomic E-state index is 12.9. The zero-order valence-corrected chi connectivity index (χ0v) is 15.9. The van der Waals surface area contributed by atoms with Crippen molar-refractivity contribution < 1.29 is 14.4 Å². The summed E-state index contributed by atoms with van der Waals surface area (Å²) in [4.78, 5) is 39.3. The Hall–Kier alpha value is -1.85. The highest BCUT2D eigenvalue weighted by Crippen LogP contribution is 2.65. The molecule has 2 bridgehead atoms. The van der Waals surface area contributed by atoms with Gasteiger partial charge in [0, 0.05) is 18.7 Å². The lowest BCUT2D eigenvalue weighted by Gasteiger charge is -2.37. The van der Waals surface area contributed by atoms with E-state index in [1.807, 2.05) is 0 Å². The molecule has 6 atom stereocenters. The number of hydrogen-bond acceptors (Lipinski definition) is 3. The van der Waals surface area contributed by atoms with Crippen molar-refractivity contribution in [2.24, 2.45) is 35.5 Å². The van der Waals surface area contributed by atoms with Crippen LogP contribution in [0.4, 0.5) is 5.69 Å². The number of imide groups is 1. The summed E-state index contributed by atoms with van der Waals surface area (Å²) in [5.74, 6) is 0.672. The van der Waals surface area contributed by atoms with Crippen molar-refractivity contribution in [3.05, 3.63) is 40.4 Å². The molecule has 1 saturated heterocycles. The van der Waals surface area contributed by atoms with Gasteiger partial charge >= 0.3 is 0 Å². The van der Waals surface area contributed by atoms with Gasteiger partial charge in [-0.15, -0.1) is 0 Å². The van der Waals surface area contributed by atoms with Gasteiger partial charge in [-0.3, -0.25) is 19.3 Å². The highest BCUT2D eigenvalue weighted by Gasteiger charge is 2.66. The van der Waals surface area contributed by atoms with Gasteiger partial charge in [0.2, 0.25) is 17.7 Å². The molecule has 0 spiro atoms. The number of carbonyl (C=O) groups is 3. The van der Waals surface area contributed by atoms with Gasteiger partial charge in [-0.05, 0) is 48.3 Å². The number of likely N-dealkylation sites (tertiary alicyclic amines) is 1. The molecule has 0 unspecified atom stereocenters. The monoisotopic (exact) mass is 404 g/mol. The van der Waals surface area contributed by atoms with Gasteiger partial charge in [0.1, 0.15) is 0 Å². The number of anilines is 1. The predicted octanol–water partition coefficient (Wildman–Crippen LogP) is 3.38. The fourth-order valence-corrected chi connectivity index (χ4v) is 5.55. The molecule has 1 aromatic carbocycles. The van der Waals surface area contributed by atoms with E-state index in [4.69, 9.17) is 23.2 Å². The highest BCUT2D eigenvalue weighted by atomic mass is 35.5. The Labute approximate surface area is 166 Å². The van der Waals surface area contributed by atoms with Crippen LogP contribution in [0.15, 0.2) is 30.4 Å². The summed E-state index contributed by atoms with van der Waals surface area (Å²) in [6.07, 6.45) is 5.49. The summed E-state index contributed by atoms with van der Waals surface area (Å²) in [6.45, 7) is 0.118. The van der Waals surface area contributed by atoms with Crippen LogP contribution in [0, 0.1) is 35.5 Å². The lowest BCUT2D eigenvalue weighted by Crippen LogP contribution is -2.40. The van der Waals surface area contributed by atoms with E-state index < -0.39 is 0 Å². The Morgan fingerprint density at radius 3 is 2.26 bits per heavy atom. The molecule has 1 aromatic rings. The second kappa shape index (κ2) is 6.08. The van der Waals surface area contributed by atoms with E-state index >= 15 is 0 Å². The van der Waals surface area contributed by atoms with Crippen LogP contribution >= 0.6 is 23.2 Å². The van der Waals surface area contributed by atoms with Gasteiger partial charge in [0.15, 0.2) is 0 Å². The van der Waals surface area contributed by atoms with Crippen LogP contribution in [-0.4, -0.2) is 29.2 Å². The fraction of sp³-hybridized carbons (Fsp3) is 0.450. The first kappa shape index (κ1) is 17.3. The van der Waals surface area contributed by atoms with Crippen molar-refractivity contribution in [1.29, 1.82) is 0 Å². The number of nitrogens with one attached hydrogen (secondary N) is 1. The fourth-order valence-electron chi connectivity index (χ4n) is 5.25. The van der Waals surface area contributed by atoms with Crippen LogP contribution in [0.2, 0.25) is 10.0 Å². The van der Waals surface area contributed by atoms with Gasteiger partial charge in [0.25, 0.3) is 0 Å². The minimum atomic E-state index is -0.271. The van der Waals surface area contributed by atoms with E-state index in [1.54, 1.807) is 18.2 Å². The Kier molecular flexibility index (Phi) is 3.89. The van der Waals surface area contributed by atoms with E-state index in [0.717, 1.165) is 6.42 Å². The molecular formula is C20H18Cl2N2O3. The SMILES string of the molecule is O=C(CCN1C(=O)[C@@H]2[C@H]3C=C[C@@H]([C@@H]4C[C@H]34)[C@H]2C1=O)Nc1ccc(Cl)c(Cl)c1. The third kappa shape index (κ3) is 2.63. The highest BCUT2D eigenvalue weighted by molar-refractivity contribution is 6.42. The minimum absolute atomic E-state index is 0.0623. The topological polar surface area (TPSA) is 66.5 Å². The number of hydrogen-bond donors (Lipinski definition) is 1. The van der Waals surface area contributed by atoms with Crippen LogP contribution in [0.1, 0.15) is 12.8 Å². The molecule has 5 nitrogen and oxygen atoms in total. The summed E-state index contributed by atoms with van der Waals surface area (Å²) >= 11 is 11.8. The molecule has 140 valence electrons. The van der Waals surface area contributed by atoms with Gasteiger partial charge in [-0.2, -0.15) is 0 Å². The minimum Gasteiger partial charge on any atom is -0.326 e. The number of carbonyl (C=O) groups excluding carboxylic acids is 3. The summed E-state index contributed by atoms with van der Waals surface area (Å²) in [5, 5.41) is 3.49. The summed E-state index contributed by atoms with van der Waals surface area (Å²) in [6, 6.07) is 4.83. The van der Waals surface area contributed by atoms with Crippen LogP contribution in [0.25, 0.3) is 0 Å². The first-order valence-corrected chi connectivity index (χ1v) is 10.00. The van der Waals surface area contributed by atoms with E-state index in [0.29, 0.717) is 27.6 Å². The quantitative estimate of drug-likeness (QED) is 0.617. The van der Waals surface area contributed by atoms with Gasteiger partial charge < -0.3 is 5.32 Å². The summed E-state index contributed by atoms with van der Waals surface area (Å²) in [7, 11) is 0. The maximum Gasteiger partial charge on any atom is 0.233 e. The Morgan fingerprint density at radius 1 is 1.04 bits per heavy atom. The zero-order chi connectivity index (χ0) is 18.9. The van der Waals surface area contributed by atoms with E-state index in [2.05, 4.69) is 17.5 Å². The molecule has 3 fully saturated rings. The first-order chi connectivity index (χ1) is 13.0. The lowest BCUT2D eigenvalue weighted by atomic mass is 9.63. The van der Waals surface area contributed by atoms with Crippen molar-refractivity contribution in [3.8, 4) is 0 Å². The summed E-state index contributed by atoms with van der Waals surface area (Å²) < 4.78 is 0. The third-order valence-electron chi connectivity index (χ3n) is 6.52. The van der Waals surface area contributed by atoms with Crippen molar-refractivity contribution in [2.45, 2.75) is 12.8 Å². The summed E-state index contributed by atoms with van der Waals surface area (Å²) in [5.41, 5.74) is 0.532. The van der Waals surface area contributed by atoms with Crippen molar-refractivity contribution in [1.82, 2.24) is 4.90 Å². The Bertz CT molecular complexity index is 863. The molecule has 1 aliphatic heterocycles. The molecule has 0 aromatic heterocycles. The Balaban J connectivity index is 1.24. The first-order valence-electron chi connectivity index (χ1n) is 9.24. The zero-order valence-electron chi connectivity index (χ0n) is 14.4. The molecule has 5 aliphatic rings. The van der Waals surface area contributed by atoms with Crippen LogP contribution < -0.4 is 5.32 Å². The second-order valence-electron chi connectivity index (χ2n) is 7.91. The average molecular weight is 405 g/mol. The number of amides is 3. The Morgan fingerprint density at radius 2 is 1.67 bits per heavy atom. The molecule has 7 heteroatoms. The molecule has 4 aliphatic carbocycles. The normalized spacial score (nSPS) is 35.3. The molecule has 6 rings (SSSR count). The van der Waals surface area contributed by atoms with E-state index in [1.165, 1.54) is 4.90 Å². The molecule has 1 N–H and O–H groups in total. The number of allylic oxidation sites excluding steroid dienone is 2. The van der Waals surface area contributed by atoms with E-state index in [-0.39, 0.29) is 54.4 Å². The third-order valence-corrected chi connectivity index (χ3v) is 7.26. The second-order valence-corrected chi connectivity index (χ2v) is 8.72. The molecule has 27 heavy (non-hydrogen) atoms. The van der Waals surface area contributed by atoms with Crippen LogP contribution in [0.5, 0.6) is 0 Å². The number of benzene rings is 1. The van der Waals surface area contributed by atoms with Crippen molar-refractivity contribution in [2.75, 3.05) is 11.9 Å². The van der Waals surface area contributed by atoms with Gasteiger partial charge in [-0.25, -0.2) is 0 Å². The van der Waals surface area contributed by atoms with Crippen LogP contribution in [0.3, 0.4) is 0 Å². The molecule has 1 heterocycles. The predicted molar refractivity (Wildman–Crippen MR) is 101 cm³/mol. The smallest absolute Gasteiger partial charge is 0.233 e. The standard InChI is InChI=1S/C20H18Cl2N2O3/c21-14-4-1-9(7-15(14)22)23-16(25)5-6-24-19(26)17-10-2-3-11(13-8-12(10)13)18(17)20(24)27/h1-4,7,10-13,17-18H,5-6,8H2,(H,23,25)/t10-,11-,12-,13+,17+,18+/m0/s1. The maximum atomic E-state index is 12.9. The van der Waals surface area contributed by atoms with Gasteiger partial charge in [-0.1, -0.05) is 35.4 Å². The number of halogens is 2. The lowest BCUT2D eigenvalue weighted by molar-refractivity contribution is -0.140.